The van der Waals surface area contributed by atoms with Crippen molar-refractivity contribution in [1.29, 1.82) is 0 Å². The molecule has 13 heteroatoms. The van der Waals surface area contributed by atoms with Crippen LogP contribution in [0.15, 0.2) is 36.7 Å². The Bertz CT molecular complexity index is 1640. The van der Waals surface area contributed by atoms with Gasteiger partial charge in [0.15, 0.2) is 0 Å². The van der Waals surface area contributed by atoms with E-state index in [0.29, 0.717) is 13.3 Å². The van der Waals surface area contributed by atoms with Crippen molar-refractivity contribution in [2.75, 3.05) is 11.9 Å². The average Bonchev–Trinajstić information content (AvgIpc) is 3.66. The SMILES string of the molecule is Cn1ncc(-c2ccc(-c3ccc(NC4C[C@H]5CC[C@@H](C4)N5C(=O)OC(C)(C)C)nn3)c3c2cnn3COCC[Si](C)(C)C)n1. The third kappa shape index (κ3) is 7.04. The Hall–Kier alpha value is -3.84. The summed E-state index contributed by atoms with van der Waals surface area (Å²) in [5.41, 5.74) is 3.83. The Morgan fingerprint density at radius 2 is 1.71 bits per heavy atom. The van der Waals surface area contributed by atoms with Crippen molar-refractivity contribution in [3.8, 4) is 22.5 Å². The molecule has 5 heterocycles. The first kappa shape index (κ1) is 31.2. The zero-order valence-electron chi connectivity index (χ0n) is 27.4. The predicted octanol–water partition coefficient (Wildman–Crippen LogP) is 5.94. The van der Waals surface area contributed by atoms with Crippen LogP contribution in [0.5, 0.6) is 0 Å². The minimum atomic E-state index is -1.21. The minimum Gasteiger partial charge on any atom is -0.444 e. The maximum absolute atomic E-state index is 12.9. The molecule has 4 aromatic rings. The lowest BCUT2D eigenvalue weighted by atomic mass is 9.97. The predicted molar refractivity (Wildman–Crippen MR) is 176 cm³/mol. The number of ether oxygens (including phenoxy) is 2. The molecular weight excluding hydrogens is 586 g/mol. The van der Waals surface area contributed by atoms with Crippen LogP contribution in [0.3, 0.4) is 0 Å². The molecule has 2 aliphatic rings. The van der Waals surface area contributed by atoms with Crippen LogP contribution in [0.4, 0.5) is 10.6 Å². The molecule has 0 radical (unpaired) electrons. The smallest absolute Gasteiger partial charge is 0.410 e. The Morgan fingerprint density at radius 1 is 0.978 bits per heavy atom. The number of hydrogen-bond donors (Lipinski definition) is 1. The van der Waals surface area contributed by atoms with Gasteiger partial charge in [-0.05, 0) is 70.7 Å². The van der Waals surface area contributed by atoms with Gasteiger partial charge >= 0.3 is 6.09 Å². The molecule has 2 fully saturated rings. The van der Waals surface area contributed by atoms with Gasteiger partial charge < -0.3 is 19.7 Å². The summed E-state index contributed by atoms with van der Waals surface area (Å²) in [6.07, 6.45) is 7.16. The van der Waals surface area contributed by atoms with Crippen molar-refractivity contribution in [2.24, 2.45) is 7.05 Å². The summed E-state index contributed by atoms with van der Waals surface area (Å²) < 4.78 is 13.7. The number of aromatic nitrogens is 7. The van der Waals surface area contributed by atoms with E-state index in [2.05, 4.69) is 45.4 Å². The van der Waals surface area contributed by atoms with Gasteiger partial charge in [-0.3, -0.25) is 0 Å². The maximum atomic E-state index is 12.9. The van der Waals surface area contributed by atoms with Crippen molar-refractivity contribution in [1.82, 2.24) is 39.9 Å². The highest BCUT2D eigenvalue weighted by molar-refractivity contribution is 6.76. The summed E-state index contributed by atoms with van der Waals surface area (Å²) in [6.45, 7) is 13.8. The molecule has 1 unspecified atom stereocenters. The van der Waals surface area contributed by atoms with Crippen LogP contribution in [-0.2, 0) is 23.3 Å². The highest BCUT2D eigenvalue weighted by Gasteiger charge is 2.45. The van der Waals surface area contributed by atoms with Crippen LogP contribution in [-0.4, -0.2) is 84.4 Å². The molecule has 1 N–H and O–H groups in total. The van der Waals surface area contributed by atoms with Crippen LogP contribution >= 0.6 is 0 Å². The van der Waals surface area contributed by atoms with E-state index in [1.807, 2.05) is 67.9 Å². The number of nitrogens with one attached hydrogen (secondary N) is 1. The van der Waals surface area contributed by atoms with E-state index in [1.54, 1.807) is 11.0 Å². The van der Waals surface area contributed by atoms with Crippen molar-refractivity contribution >= 4 is 30.9 Å². The number of nitrogens with zero attached hydrogens (tertiary/aromatic N) is 8. The van der Waals surface area contributed by atoms with Crippen LogP contribution in [0.25, 0.3) is 33.4 Å². The number of rotatable bonds is 9. The largest absolute Gasteiger partial charge is 0.444 e. The van der Waals surface area contributed by atoms with Gasteiger partial charge in [0.05, 0.1) is 23.6 Å². The normalized spacial score (nSPS) is 20.2. The van der Waals surface area contributed by atoms with E-state index in [0.717, 1.165) is 71.0 Å². The number of amides is 1. The molecule has 0 aliphatic carbocycles. The summed E-state index contributed by atoms with van der Waals surface area (Å²) in [5.74, 6) is 0.726. The summed E-state index contributed by atoms with van der Waals surface area (Å²) in [6, 6.07) is 9.74. The Balaban J connectivity index is 1.20. The molecule has 45 heavy (non-hydrogen) atoms. The van der Waals surface area contributed by atoms with Gasteiger partial charge in [0.1, 0.15) is 23.8 Å². The number of hydrogen-bond acceptors (Lipinski definition) is 9. The first-order chi connectivity index (χ1) is 21.3. The molecule has 6 rings (SSSR count). The zero-order valence-corrected chi connectivity index (χ0v) is 28.4. The maximum Gasteiger partial charge on any atom is 0.410 e. The number of benzene rings is 1. The number of carbonyl (C=O) groups excluding carboxylic acids is 1. The highest BCUT2D eigenvalue weighted by Crippen LogP contribution is 2.38. The van der Waals surface area contributed by atoms with E-state index >= 15 is 0 Å². The molecular formula is C32H45N9O3Si. The fourth-order valence-electron chi connectivity index (χ4n) is 6.40. The Morgan fingerprint density at radius 3 is 2.33 bits per heavy atom. The topological polar surface area (TPSA) is 125 Å². The zero-order chi connectivity index (χ0) is 31.9. The molecule has 2 saturated heterocycles. The lowest BCUT2D eigenvalue weighted by Gasteiger charge is -2.39. The monoisotopic (exact) mass is 631 g/mol. The summed E-state index contributed by atoms with van der Waals surface area (Å²) in [7, 11) is 0.601. The van der Waals surface area contributed by atoms with E-state index in [9.17, 15) is 4.79 Å². The molecule has 12 nitrogen and oxygen atoms in total. The molecule has 240 valence electrons. The Labute approximate surface area is 265 Å². The molecule has 0 spiro atoms. The highest BCUT2D eigenvalue weighted by atomic mass is 28.3. The van der Waals surface area contributed by atoms with Gasteiger partial charge in [-0.1, -0.05) is 25.7 Å². The van der Waals surface area contributed by atoms with Crippen molar-refractivity contribution < 1.29 is 14.3 Å². The molecule has 2 bridgehead atoms. The first-order valence-corrected chi connectivity index (χ1v) is 19.6. The minimum absolute atomic E-state index is 0.178. The standard InChI is InChI=1S/C32H45N9O3Si/c1-32(2,3)44-31(42)41-22-8-9-23(41)17-21(16-22)35-29-13-12-27(36-37-29)25-11-10-24(28-19-33-39(4)38-28)26-18-34-40(30(25)26)20-43-14-15-45(5,6)7/h10-13,18-19,21-23H,8-9,14-17,20H2,1-7H3,(H,35,37)/t21?,22-,23+. The Kier molecular flexibility index (Phi) is 8.42. The van der Waals surface area contributed by atoms with Gasteiger partial charge in [-0.25, -0.2) is 9.48 Å². The van der Waals surface area contributed by atoms with Gasteiger partial charge in [0, 0.05) is 56.4 Å². The van der Waals surface area contributed by atoms with Crippen LogP contribution < -0.4 is 5.32 Å². The van der Waals surface area contributed by atoms with E-state index in [4.69, 9.17) is 14.6 Å². The lowest BCUT2D eigenvalue weighted by Crippen LogP contribution is -2.51. The molecule has 3 aromatic heterocycles. The lowest BCUT2D eigenvalue weighted by molar-refractivity contribution is 0.00682. The summed E-state index contributed by atoms with van der Waals surface area (Å²) in [4.78, 5) is 16.4. The number of aryl methyl sites for hydroxylation is 1. The van der Waals surface area contributed by atoms with Gasteiger partial charge in [-0.2, -0.15) is 20.1 Å². The van der Waals surface area contributed by atoms with E-state index in [-0.39, 0.29) is 24.2 Å². The third-order valence-corrected chi connectivity index (χ3v) is 10.2. The second-order valence-electron chi connectivity index (χ2n) is 14.5. The third-order valence-electron chi connectivity index (χ3n) is 8.52. The van der Waals surface area contributed by atoms with Crippen LogP contribution in [0.1, 0.15) is 46.5 Å². The fourth-order valence-corrected chi connectivity index (χ4v) is 7.15. The van der Waals surface area contributed by atoms with E-state index in [1.165, 1.54) is 0 Å². The average molecular weight is 632 g/mol. The van der Waals surface area contributed by atoms with Gasteiger partial charge in [-0.15, -0.1) is 10.2 Å². The van der Waals surface area contributed by atoms with Crippen LogP contribution in [0.2, 0.25) is 25.7 Å². The number of anilines is 1. The number of fused-ring (bicyclic) bond motifs is 3. The number of carbonyl (C=O) groups is 1. The fraction of sp³-hybridized carbons (Fsp3) is 0.562. The summed E-state index contributed by atoms with van der Waals surface area (Å²) in [5, 5.41) is 27.3. The second kappa shape index (κ2) is 12.2. The van der Waals surface area contributed by atoms with Gasteiger partial charge in [0.25, 0.3) is 0 Å². The van der Waals surface area contributed by atoms with Crippen molar-refractivity contribution in [2.45, 2.75) is 103 Å². The second-order valence-corrected chi connectivity index (χ2v) is 20.1. The molecule has 3 atom stereocenters. The molecule has 0 saturated carbocycles. The summed E-state index contributed by atoms with van der Waals surface area (Å²) >= 11 is 0. The van der Waals surface area contributed by atoms with Crippen molar-refractivity contribution in [3.05, 3.63) is 36.7 Å². The molecule has 1 aromatic carbocycles. The van der Waals surface area contributed by atoms with Crippen LogP contribution in [0, 0.1) is 0 Å². The number of piperidine rings is 1. The van der Waals surface area contributed by atoms with Crippen molar-refractivity contribution in [3.63, 3.8) is 0 Å². The quantitative estimate of drug-likeness (QED) is 0.176. The van der Waals surface area contributed by atoms with E-state index < -0.39 is 13.7 Å². The molecule has 1 amide bonds. The molecule has 2 aliphatic heterocycles. The van der Waals surface area contributed by atoms with Gasteiger partial charge in [0.2, 0.25) is 0 Å². The first-order valence-electron chi connectivity index (χ1n) is 15.9.